The Morgan fingerprint density at radius 2 is 2.17 bits per heavy atom. The summed E-state index contributed by atoms with van der Waals surface area (Å²) in [5, 5.41) is 7.50. The average molecular weight is 369 g/mol. The van der Waals surface area contributed by atoms with Crippen molar-refractivity contribution >= 4 is 33.0 Å². The monoisotopic (exact) mass is 368 g/mol. The molecule has 1 saturated heterocycles. The van der Waals surface area contributed by atoms with Gasteiger partial charge in [0.05, 0.1) is 45.2 Å². The minimum absolute atomic E-state index is 0.0819. The maximum absolute atomic E-state index is 12.4. The fraction of sp³-hybridized carbons (Fsp3) is 0.400. The number of carbonyl (C=O) groups is 1. The molecule has 3 rings (SSSR count). The SMILES string of the molecule is Cc1nn(C2CCS(=O)(=O)C2)c(C)c1NC(=O)c1ccncc1Cl. The van der Waals surface area contributed by atoms with Crippen LogP contribution in [0.25, 0.3) is 0 Å². The van der Waals surface area contributed by atoms with Gasteiger partial charge in [-0.2, -0.15) is 5.10 Å². The number of aryl methyl sites for hydroxylation is 1. The zero-order valence-electron chi connectivity index (χ0n) is 13.3. The van der Waals surface area contributed by atoms with E-state index in [0.29, 0.717) is 23.4 Å². The summed E-state index contributed by atoms with van der Waals surface area (Å²) in [4.78, 5) is 16.3. The first-order valence-corrected chi connectivity index (χ1v) is 9.65. The standard InChI is InChI=1S/C15H17ClN4O3S/c1-9-14(18-15(21)12-3-5-17-7-13(12)16)10(2)20(19-9)11-4-6-24(22,23)8-11/h3,5,7,11H,4,6,8H2,1-2H3,(H,18,21). The zero-order valence-corrected chi connectivity index (χ0v) is 14.9. The third-order valence-electron chi connectivity index (χ3n) is 4.13. The molecule has 1 N–H and O–H groups in total. The van der Waals surface area contributed by atoms with Gasteiger partial charge in [-0.15, -0.1) is 0 Å². The molecule has 1 aliphatic heterocycles. The van der Waals surface area contributed by atoms with Gasteiger partial charge in [0.25, 0.3) is 5.91 Å². The molecule has 24 heavy (non-hydrogen) atoms. The largest absolute Gasteiger partial charge is 0.319 e. The molecular weight excluding hydrogens is 352 g/mol. The third kappa shape index (κ3) is 3.16. The summed E-state index contributed by atoms with van der Waals surface area (Å²) < 4.78 is 25.1. The number of hydrogen-bond acceptors (Lipinski definition) is 5. The molecule has 3 heterocycles. The number of halogens is 1. The summed E-state index contributed by atoms with van der Waals surface area (Å²) >= 11 is 5.99. The number of hydrogen-bond donors (Lipinski definition) is 1. The Kier molecular flexibility index (Phi) is 4.35. The Hall–Kier alpha value is -1.93. The maximum atomic E-state index is 12.4. The smallest absolute Gasteiger partial charge is 0.257 e. The lowest BCUT2D eigenvalue weighted by Gasteiger charge is -2.12. The molecular formula is C15H17ClN4O3S. The molecule has 0 aromatic carbocycles. The molecule has 0 radical (unpaired) electrons. The van der Waals surface area contributed by atoms with Crippen LogP contribution in [0.4, 0.5) is 5.69 Å². The highest BCUT2D eigenvalue weighted by atomic mass is 35.5. The van der Waals surface area contributed by atoms with Gasteiger partial charge in [0, 0.05) is 12.4 Å². The van der Waals surface area contributed by atoms with Gasteiger partial charge in [0.2, 0.25) is 0 Å². The number of rotatable bonds is 3. The average Bonchev–Trinajstić information content (AvgIpc) is 3.01. The first-order chi connectivity index (χ1) is 11.3. The molecule has 0 aliphatic carbocycles. The van der Waals surface area contributed by atoms with Crippen LogP contribution in [0.2, 0.25) is 5.02 Å². The molecule has 1 amide bonds. The molecule has 2 aromatic rings. The summed E-state index contributed by atoms with van der Waals surface area (Å²) in [6.45, 7) is 3.59. The van der Waals surface area contributed by atoms with E-state index in [1.54, 1.807) is 11.6 Å². The Labute approximate surface area is 145 Å². The van der Waals surface area contributed by atoms with E-state index in [0.717, 1.165) is 5.69 Å². The number of aromatic nitrogens is 3. The van der Waals surface area contributed by atoms with Crippen LogP contribution >= 0.6 is 11.6 Å². The second kappa shape index (κ2) is 6.18. The van der Waals surface area contributed by atoms with E-state index in [4.69, 9.17) is 11.6 Å². The van der Waals surface area contributed by atoms with E-state index < -0.39 is 9.84 Å². The van der Waals surface area contributed by atoms with Crippen molar-refractivity contribution in [3.8, 4) is 0 Å². The normalized spacial score (nSPS) is 19.4. The maximum Gasteiger partial charge on any atom is 0.257 e. The molecule has 0 bridgehead atoms. The van der Waals surface area contributed by atoms with E-state index in [1.807, 2.05) is 6.92 Å². The van der Waals surface area contributed by atoms with Gasteiger partial charge in [0.15, 0.2) is 9.84 Å². The van der Waals surface area contributed by atoms with E-state index >= 15 is 0 Å². The van der Waals surface area contributed by atoms with Gasteiger partial charge in [0.1, 0.15) is 0 Å². The minimum atomic E-state index is -3.01. The summed E-state index contributed by atoms with van der Waals surface area (Å²) in [5.41, 5.74) is 2.27. The number of nitrogens with zero attached hydrogens (tertiary/aromatic N) is 3. The Morgan fingerprint density at radius 3 is 2.79 bits per heavy atom. The van der Waals surface area contributed by atoms with Crippen molar-refractivity contribution in [3.63, 3.8) is 0 Å². The van der Waals surface area contributed by atoms with Crippen molar-refractivity contribution in [1.82, 2.24) is 14.8 Å². The van der Waals surface area contributed by atoms with Crippen molar-refractivity contribution in [2.24, 2.45) is 0 Å². The van der Waals surface area contributed by atoms with Gasteiger partial charge in [-0.25, -0.2) is 8.42 Å². The quantitative estimate of drug-likeness (QED) is 0.895. The van der Waals surface area contributed by atoms with Crippen LogP contribution in [-0.2, 0) is 9.84 Å². The van der Waals surface area contributed by atoms with Gasteiger partial charge >= 0.3 is 0 Å². The van der Waals surface area contributed by atoms with Crippen molar-refractivity contribution in [2.45, 2.75) is 26.3 Å². The zero-order chi connectivity index (χ0) is 17.5. The number of sulfone groups is 1. The lowest BCUT2D eigenvalue weighted by molar-refractivity contribution is 0.102. The van der Waals surface area contributed by atoms with E-state index in [9.17, 15) is 13.2 Å². The molecule has 1 aliphatic rings. The Morgan fingerprint density at radius 1 is 1.42 bits per heavy atom. The summed E-state index contributed by atoms with van der Waals surface area (Å²) in [6.07, 6.45) is 3.43. The third-order valence-corrected chi connectivity index (χ3v) is 6.19. The van der Waals surface area contributed by atoms with E-state index in [1.165, 1.54) is 18.5 Å². The summed E-state index contributed by atoms with van der Waals surface area (Å²) in [5.74, 6) is -0.102. The minimum Gasteiger partial charge on any atom is -0.319 e. The summed E-state index contributed by atoms with van der Waals surface area (Å²) in [7, 11) is -3.01. The number of carbonyl (C=O) groups excluding carboxylic acids is 1. The second-order valence-electron chi connectivity index (χ2n) is 5.86. The van der Waals surface area contributed by atoms with Gasteiger partial charge in [-0.1, -0.05) is 11.6 Å². The number of anilines is 1. The van der Waals surface area contributed by atoms with E-state index in [2.05, 4.69) is 15.4 Å². The van der Waals surface area contributed by atoms with Crippen molar-refractivity contribution in [2.75, 3.05) is 16.8 Å². The highest BCUT2D eigenvalue weighted by Gasteiger charge is 2.31. The Bertz CT molecular complexity index is 907. The molecule has 2 aromatic heterocycles. The second-order valence-corrected chi connectivity index (χ2v) is 8.49. The van der Waals surface area contributed by atoms with Crippen molar-refractivity contribution in [3.05, 3.63) is 40.4 Å². The number of pyridine rings is 1. The van der Waals surface area contributed by atoms with Gasteiger partial charge in [-0.05, 0) is 26.3 Å². The van der Waals surface area contributed by atoms with Gasteiger partial charge < -0.3 is 5.32 Å². The fourth-order valence-corrected chi connectivity index (χ4v) is 4.80. The van der Waals surface area contributed by atoms with Crippen LogP contribution in [0, 0.1) is 13.8 Å². The van der Waals surface area contributed by atoms with E-state index in [-0.39, 0.29) is 28.5 Å². The lowest BCUT2D eigenvalue weighted by Crippen LogP contribution is -2.16. The van der Waals surface area contributed by atoms with Crippen LogP contribution in [0.1, 0.15) is 34.2 Å². The van der Waals surface area contributed by atoms with Crippen LogP contribution in [0.3, 0.4) is 0 Å². The lowest BCUT2D eigenvalue weighted by atomic mass is 10.2. The molecule has 7 nitrogen and oxygen atoms in total. The predicted octanol–water partition coefficient (Wildman–Crippen LogP) is 2.16. The van der Waals surface area contributed by atoms with Crippen LogP contribution in [0.5, 0.6) is 0 Å². The van der Waals surface area contributed by atoms with Crippen molar-refractivity contribution < 1.29 is 13.2 Å². The molecule has 1 atom stereocenters. The number of nitrogens with one attached hydrogen (secondary N) is 1. The molecule has 1 unspecified atom stereocenters. The fourth-order valence-electron chi connectivity index (χ4n) is 2.91. The highest BCUT2D eigenvalue weighted by Crippen LogP contribution is 2.29. The van der Waals surface area contributed by atoms with Gasteiger partial charge in [-0.3, -0.25) is 14.5 Å². The van der Waals surface area contributed by atoms with Crippen LogP contribution in [0.15, 0.2) is 18.5 Å². The molecule has 128 valence electrons. The summed E-state index contributed by atoms with van der Waals surface area (Å²) in [6, 6.07) is 1.35. The molecule has 0 saturated carbocycles. The highest BCUT2D eigenvalue weighted by molar-refractivity contribution is 7.91. The first-order valence-electron chi connectivity index (χ1n) is 7.45. The molecule has 1 fully saturated rings. The topological polar surface area (TPSA) is 94.0 Å². The van der Waals surface area contributed by atoms with Crippen molar-refractivity contribution in [1.29, 1.82) is 0 Å². The molecule has 0 spiro atoms. The first kappa shape index (κ1) is 16.9. The number of amides is 1. The Balaban J connectivity index is 1.88. The van der Waals surface area contributed by atoms with Crippen LogP contribution < -0.4 is 5.32 Å². The predicted molar refractivity (Wildman–Crippen MR) is 91.2 cm³/mol. The molecule has 9 heteroatoms. The van der Waals surface area contributed by atoms with Crippen LogP contribution in [-0.4, -0.2) is 40.6 Å².